The van der Waals surface area contributed by atoms with Gasteiger partial charge in [-0.3, -0.25) is 0 Å². The number of nitrogens with zero attached hydrogens (tertiary/aromatic N) is 1. The van der Waals surface area contributed by atoms with Crippen LogP contribution in [0, 0.1) is 11.3 Å². The molecule has 0 aromatic heterocycles. The van der Waals surface area contributed by atoms with E-state index in [0.29, 0.717) is 5.75 Å². The Kier molecular flexibility index (Phi) is 3.65. The summed E-state index contributed by atoms with van der Waals surface area (Å²) in [5, 5.41) is 8.42. The maximum atomic E-state index is 8.42. The third kappa shape index (κ3) is 2.95. The van der Waals surface area contributed by atoms with Crippen LogP contribution in [0.3, 0.4) is 0 Å². The van der Waals surface area contributed by atoms with Crippen LogP contribution in [0.15, 0.2) is 35.2 Å². The summed E-state index contributed by atoms with van der Waals surface area (Å²) in [5.41, 5.74) is 5.44. The SMILES string of the molecule is N#CC(N)CSc1ccccc1. The van der Waals surface area contributed by atoms with E-state index in [1.54, 1.807) is 11.8 Å². The molecule has 0 radical (unpaired) electrons. The Balaban J connectivity index is 2.40. The lowest BCUT2D eigenvalue weighted by Gasteiger charge is -2.01. The van der Waals surface area contributed by atoms with Crippen molar-refractivity contribution in [3.8, 4) is 6.07 Å². The summed E-state index contributed by atoms with van der Waals surface area (Å²) in [6.45, 7) is 0. The fraction of sp³-hybridized carbons (Fsp3) is 0.222. The number of nitriles is 1. The second-order valence-corrected chi connectivity index (χ2v) is 3.45. The van der Waals surface area contributed by atoms with E-state index < -0.39 is 0 Å². The van der Waals surface area contributed by atoms with Crippen molar-refractivity contribution in [3.63, 3.8) is 0 Å². The summed E-state index contributed by atoms with van der Waals surface area (Å²) in [6, 6.07) is 11.6. The lowest BCUT2D eigenvalue weighted by Crippen LogP contribution is -2.19. The van der Waals surface area contributed by atoms with Crippen LogP contribution in [0.1, 0.15) is 0 Å². The summed E-state index contributed by atoms with van der Waals surface area (Å²) in [5.74, 6) is 0.653. The zero-order chi connectivity index (χ0) is 8.81. The molecule has 62 valence electrons. The van der Waals surface area contributed by atoms with Crippen LogP contribution >= 0.6 is 11.8 Å². The minimum atomic E-state index is -0.366. The molecule has 0 amide bonds. The van der Waals surface area contributed by atoms with Crippen molar-refractivity contribution in [1.29, 1.82) is 5.26 Å². The van der Waals surface area contributed by atoms with E-state index in [1.165, 1.54) is 0 Å². The van der Waals surface area contributed by atoms with E-state index in [-0.39, 0.29) is 6.04 Å². The molecule has 0 bridgehead atoms. The van der Waals surface area contributed by atoms with Crippen molar-refractivity contribution in [2.24, 2.45) is 5.73 Å². The molecule has 12 heavy (non-hydrogen) atoms. The number of hydrogen-bond acceptors (Lipinski definition) is 3. The molecule has 0 saturated heterocycles. The molecule has 0 aliphatic carbocycles. The lowest BCUT2D eigenvalue weighted by molar-refractivity contribution is 0.953. The van der Waals surface area contributed by atoms with Gasteiger partial charge in [-0.1, -0.05) is 18.2 Å². The Labute approximate surface area is 76.4 Å². The van der Waals surface area contributed by atoms with Crippen LogP contribution in [-0.2, 0) is 0 Å². The maximum absolute atomic E-state index is 8.42. The fourth-order valence-corrected chi connectivity index (χ4v) is 1.54. The molecule has 1 aromatic rings. The molecule has 2 nitrogen and oxygen atoms in total. The first-order valence-corrected chi connectivity index (χ1v) is 4.64. The van der Waals surface area contributed by atoms with Crippen LogP contribution in [0.2, 0.25) is 0 Å². The zero-order valence-electron chi connectivity index (χ0n) is 6.60. The molecule has 0 spiro atoms. The predicted octanol–water partition coefficient (Wildman–Crippen LogP) is 1.63. The smallest absolute Gasteiger partial charge is 0.102 e. The second kappa shape index (κ2) is 4.81. The molecule has 0 saturated carbocycles. The zero-order valence-corrected chi connectivity index (χ0v) is 7.42. The largest absolute Gasteiger partial charge is 0.315 e. The molecule has 1 rings (SSSR count). The van der Waals surface area contributed by atoms with Crippen LogP contribution in [0.25, 0.3) is 0 Å². The van der Waals surface area contributed by atoms with Crippen LogP contribution < -0.4 is 5.73 Å². The summed E-state index contributed by atoms with van der Waals surface area (Å²) >= 11 is 1.61. The monoisotopic (exact) mass is 178 g/mol. The molecule has 0 aliphatic heterocycles. The van der Waals surface area contributed by atoms with Gasteiger partial charge in [-0.05, 0) is 12.1 Å². The predicted molar refractivity (Wildman–Crippen MR) is 50.8 cm³/mol. The van der Waals surface area contributed by atoms with Gasteiger partial charge in [0.2, 0.25) is 0 Å². The minimum absolute atomic E-state index is 0.366. The van der Waals surface area contributed by atoms with Crippen molar-refractivity contribution < 1.29 is 0 Å². The summed E-state index contributed by atoms with van der Waals surface area (Å²) in [7, 11) is 0. The third-order valence-corrected chi connectivity index (χ3v) is 2.47. The Hall–Kier alpha value is -0.980. The number of benzene rings is 1. The van der Waals surface area contributed by atoms with Crippen molar-refractivity contribution in [2.75, 3.05) is 5.75 Å². The highest BCUT2D eigenvalue weighted by atomic mass is 32.2. The first-order chi connectivity index (χ1) is 5.83. The number of thioether (sulfide) groups is 1. The lowest BCUT2D eigenvalue weighted by atomic mass is 10.4. The molecule has 3 heteroatoms. The molecule has 1 atom stereocenters. The van der Waals surface area contributed by atoms with Gasteiger partial charge in [-0.25, -0.2) is 0 Å². The molecule has 0 fully saturated rings. The van der Waals surface area contributed by atoms with E-state index in [2.05, 4.69) is 0 Å². The average molecular weight is 178 g/mol. The summed E-state index contributed by atoms with van der Waals surface area (Å²) in [4.78, 5) is 1.16. The van der Waals surface area contributed by atoms with Gasteiger partial charge in [-0.2, -0.15) is 5.26 Å². The highest BCUT2D eigenvalue weighted by Gasteiger charge is 1.99. The Morgan fingerprint density at radius 2 is 2.08 bits per heavy atom. The van der Waals surface area contributed by atoms with Crippen LogP contribution in [0.5, 0.6) is 0 Å². The molecule has 1 aromatic carbocycles. The minimum Gasteiger partial charge on any atom is -0.315 e. The Morgan fingerprint density at radius 3 is 2.67 bits per heavy atom. The van der Waals surface area contributed by atoms with Gasteiger partial charge in [-0.15, -0.1) is 11.8 Å². The molecule has 0 aliphatic rings. The van der Waals surface area contributed by atoms with Crippen molar-refractivity contribution in [3.05, 3.63) is 30.3 Å². The standard InChI is InChI=1S/C9H10N2S/c10-6-8(11)7-12-9-4-2-1-3-5-9/h1-5,8H,7,11H2. The van der Waals surface area contributed by atoms with E-state index in [4.69, 9.17) is 11.0 Å². The van der Waals surface area contributed by atoms with E-state index >= 15 is 0 Å². The van der Waals surface area contributed by atoms with Crippen molar-refractivity contribution in [1.82, 2.24) is 0 Å². The van der Waals surface area contributed by atoms with Crippen LogP contribution in [0.4, 0.5) is 0 Å². The number of nitrogens with two attached hydrogens (primary N) is 1. The molecule has 2 N–H and O–H groups in total. The van der Waals surface area contributed by atoms with Crippen LogP contribution in [-0.4, -0.2) is 11.8 Å². The Morgan fingerprint density at radius 1 is 1.42 bits per heavy atom. The van der Waals surface area contributed by atoms with Gasteiger partial charge in [0, 0.05) is 10.6 Å². The van der Waals surface area contributed by atoms with Crippen molar-refractivity contribution in [2.45, 2.75) is 10.9 Å². The summed E-state index contributed by atoms with van der Waals surface area (Å²) in [6.07, 6.45) is 0. The van der Waals surface area contributed by atoms with Crippen molar-refractivity contribution >= 4 is 11.8 Å². The van der Waals surface area contributed by atoms with E-state index in [9.17, 15) is 0 Å². The molecular formula is C9H10N2S. The van der Waals surface area contributed by atoms with Gasteiger partial charge < -0.3 is 5.73 Å². The third-order valence-electron chi connectivity index (χ3n) is 1.34. The van der Waals surface area contributed by atoms with Gasteiger partial charge >= 0.3 is 0 Å². The first-order valence-electron chi connectivity index (χ1n) is 3.66. The van der Waals surface area contributed by atoms with Gasteiger partial charge in [0.05, 0.1) is 6.07 Å². The van der Waals surface area contributed by atoms with Gasteiger partial charge in [0.1, 0.15) is 6.04 Å². The highest BCUT2D eigenvalue weighted by Crippen LogP contribution is 2.16. The number of rotatable bonds is 3. The maximum Gasteiger partial charge on any atom is 0.102 e. The quantitative estimate of drug-likeness (QED) is 0.716. The molecular weight excluding hydrogens is 168 g/mol. The van der Waals surface area contributed by atoms with Gasteiger partial charge in [0.25, 0.3) is 0 Å². The number of hydrogen-bond donors (Lipinski definition) is 1. The fourth-order valence-electron chi connectivity index (χ4n) is 0.740. The highest BCUT2D eigenvalue weighted by molar-refractivity contribution is 7.99. The van der Waals surface area contributed by atoms with E-state index in [0.717, 1.165) is 4.90 Å². The molecule has 0 heterocycles. The van der Waals surface area contributed by atoms with Gasteiger partial charge in [0.15, 0.2) is 0 Å². The van der Waals surface area contributed by atoms with E-state index in [1.807, 2.05) is 36.4 Å². The topological polar surface area (TPSA) is 49.8 Å². The first kappa shape index (κ1) is 9.11. The average Bonchev–Trinajstić information content (AvgIpc) is 2.16. The second-order valence-electron chi connectivity index (χ2n) is 2.36. The molecule has 1 unspecified atom stereocenters. The summed E-state index contributed by atoms with van der Waals surface area (Å²) < 4.78 is 0. The normalized spacial score (nSPS) is 12.0. The Bertz CT molecular complexity index is 266.